The van der Waals surface area contributed by atoms with Gasteiger partial charge in [0.15, 0.2) is 0 Å². The summed E-state index contributed by atoms with van der Waals surface area (Å²) in [5, 5.41) is 0.842. The van der Waals surface area contributed by atoms with Crippen LogP contribution in [0.1, 0.15) is 35.6 Å². The van der Waals surface area contributed by atoms with Crippen molar-refractivity contribution >= 4 is 33.4 Å². The highest BCUT2D eigenvalue weighted by Gasteiger charge is 2.19. The Hall–Kier alpha value is -1.32. The summed E-state index contributed by atoms with van der Waals surface area (Å²) in [5.41, 5.74) is 5.09. The number of rotatable bonds is 5. The van der Waals surface area contributed by atoms with Crippen molar-refractivity contribution < 1.29 is 0 Å². The van der Waals surface area contributed by atoms with Crippen LogP contribution >= 0.6 is 27.5 Å². The van der Waals surface area contributed by atoms with Crippen molar-refractivity contribution in [1.82, 2.24) is 4.90 Å². The van der Waals surface area contributed by atoms with Gasteiger partial charge in [-0.3, -0.25) is 4.99 Å². The molecular formula is C21H24BrClN2. The lowest BCUT2D eigenvalue weighted by Gasteiger charge is -2.29. The Bertz CT molecular complexity index is 785. The number of benzene rings is 2. The zero-order valence-electron chi connectivity index (χ0n) is 14.9. The van der Waals surface area contributed by atoms with Crippen molar-refractivity contribution in [2.75, 3.05) is 19.6 Å². The Kier molecular flexibility index (Phi) is 6.19. The minimum absolute atomic E-state index is 0.842. The zero-order valence-corrected chi connectivity index (χ0v) is 17.2. The Labute approximate surface area is 164 Å². The van der Waals surface area contributed by atoms with Crippen LogP contribution in [0, 0.1) is 6.92 Å². The smallest absolute Gasteiger partial charge is 0.131 e. The molecule has 0 aromatic heterocycles. The van der Waals surface area contributed by atoms with Crippen molar-refractivity contribution in [1.29, 1.82) is 0 Å². The molecule has 132 valence electrons. The molecule has 0 unspecified atom stereocenters. The Balaban J connectivity index is 1.91. The number of halogens is 2. The molecule has 0 amide bonds. The summed E-state index contributed by atoms with van der Waals surface area (Å²) in [6.07, 6.45) is 3.02. The molecule has 4 heteroatoms. The van der Waals surface area contributed by atoms with Gasteiger partial charge in [0.1, 0.15) is 5.84 Å². The van der Waals surface area contributed by atoms with Gasteiger partial charge >= 0.3 is 0 Å². The molecule has 1 aliphatic heterocycles. The normalized spacial score (nSPS) is 14.6. The van der Waals surface area contributed by atoms with Crippen molar-refractivity contribution in [2.45, 2.75) is 33.1 Å². The van der Waals surface area contributed by atoms with Crippen LogP contribution in [-0.2, 0) is 12.8 Å². The van der Waals surface area contributed by atoms with Gasteiger partial charge in [-0.25, -0.2) is 0 Å². The monoisotopic (exact) mass is 418 g/mol. The van der Waals surface area contributed by atoms with Crippen LogP contribution in [0.5, 0.6) is 0 Å². The molecule has 1 aliphatic rings. The summed E-state index contributed by atoms with van der Waals surface area (Å²) in [6, 6.07) is 12.7. The van der Waals surface area contributed by atoms with E-state index < -0.39 is 0 Å². The fraction of sp³-hybridized carbons (Fsp3) is 0.381. The third-order valence-electron chi connectivity index (χ3n) is 4.84. The topological polar surface area (TPSA) is 15.6 Å². The van der Waals surface area contributed by atoms with E-state index in [1.54, 1.807) is 0 Å². The molecule has 3 rings (SSSR count). The lowest BCUT2D eigenvalue weighted by molar-refractivity contribution is 0.414. The molecule has 0 fully saturated rings. The first kappa shape index (κ1) is 18.5. The standard InChI is InChI=1S/C21H24BrClN2/c1-3-25-13-5-12-24-21(25)19-6-4-7-20(23)18(19)11-9-16-14-17(22)10-8-15(16)2/h4,6-8,10,14H,3,5,9,11-13H2,1-2H3. The highest BCUT2D eigenvalue weighted by molar-refractivity contribution is 9.10. The summed E-state index contributed by atoms with van der Waals surface area (Å²) in [4.78, 5) is 7.18. The summed E-state index contributed by atoms with van der Waals surface area (Å²) in [5.74, 6) is 1.11. The predicted molar refractivity (Wildman–Crippen MR) is 111 cm³/mol. The maximum absolute atomic E-state index is 6.59. The average molecular weight is 420 g/mol. The second-order valence-corrected chi connectivity index (χ2v) is 7.80. The van der Waals surface area contributed by atoms with E-state index in [9.17, 15) is 0 Å². The number of hydrogen-bond acceptors (Lipinski definition) is 2. The summed E-state index contributed by atoms with van der Waals surface area (Å²) < 4.78 is 1.13. The Morgan fingerprint density at radius 1 is 1.20 bits per heavy atom. The quantitative estimate of drug-likeness (QED) is 0.610. The summed E-state index contributed by atoms with van der Waals surface area (Å²) >= 11 is 10.2. The first-order valence-corrected chi connectivity index (χ1v) is 10.1. The van der Waals surface area contributed by atoms with Gasteiger partial charge in [-0.05, 0) is 68.0 Å². The van der Waals surface area contributed by atoms with Crippen molar-refractivity contribution in [3.8, 4) is 0 Å². The number of aliphatic imine (C=N–C) groups is 1. The molecule has 0 bridgehead atoms. The predicted octanol–water partition coefficient (Wildman–Crippen LogP) is 5.67. The number of nitrogens with zero attached hydrogens (tertiary/aromatic N) is 2. The summed E-state index contributed by atoms with van der Waals surface area (Å²) in [7, 11) is 0. The minimum Gasteiger partial charge on any atom is -0.357 e. The second kappa shape index (κ2) is 8.37. The third kappa shape index (κ3) is 4.27. The lowest BCUT2D eigenvalue weighted by atomic mass is 9.96. The molecular weight excluding hydrogens is 396 g/mol. The maximum atomic E-state index is 6.59. The summed E-state index contributed by atoms with van der Waals surface area (Å²) in [6.45, 7) is 7.32. The van der Waals surface area contributed by atoms with E-state index in [0.717, 1.165) is 54.2 Å². The van der Waals surface area contributed by atoms with E-state index in [0.29, 0.717) is 0 Å². The van der Waals surface area contributed by atoms with E-state index in [4.69, 9.17) is 16.6 Å². The van der Waals surface area contributed by atoms with Gasteiger partial charge in [0.2, 0.25) is 0 Å². The van der Waals surface area contributed by atoms with Crippen LogP contribution < -0.4 is 0 Å². The first-order chi connectivity index (χ1) is 12.1. The van der Waals surface area contributed by atoms with Gasteiger partial charge in [0, 0.05) is 34.7 Å². The van der Waals surface area contributed by atoms with Crippen LogP contribution in [0.25, 0.3) is 0 Å². The molecule has 2 nitrogen and oxygen atoms in total. The highest BCUT2D eigenvalue weighted by atomic mass is 79.9. The molecule has 0 saturated carbocycles. The molecule has 0 saturated heterocycles. The van der Waals surface area contributed by atoms with Gasteiger partial charge in [-0.1, -0.05) is 45.7 Å². The number of hydrogen-bond donors (Lipinski definition) is 0. The SMILES string of the molecule is CCN1CCCN=C1c1cccc(Cl)c1CCc1cc(Br)ccc1C. The van der Waals surface area contributed by atoms with Gasteiger partial charge < -0.3 is 4.90 Å². The molecule has 2 aromatic carbocycles. The molecule has 0 aliphatic carbocycles. The second-order valence-electron chi connectivity index (χ2n) is 6.48. The van der Waals surface area contributed by atoms with Crippen LogP contribution in [0.3, 0.4) is 0 Å². The van der Waals surface area contributed by atoms with E-state index in [2.05, 4.69) is 58.9 Å². The molecule has 0 atom stereocenters. The number of amidine groups is 1. The average Bonchev–Trinajstić information content (AvgIpc) is 2.63. The van der Waals surface area contributed by atoms with Crippen molar-refractivity contribution in [3.05, 3.63) is 68.1 Å². The lowest BCUT2D eigenvalue weighted by Crippen LogP contribution is -2.36. The van der Waals surface area contributed by atoms with E-state index >= 15 is 0 Å². The largest absolute Gasteiger partial charge is 0.357 e. The van der Waals surface area contributed by atoms with Gasteiger partial charge in [-0.15, -0.1) is 0 Å². The molecule has 0 N–H and O–H groups in total. The molecule has 1 heterocycles. The Morgan fingerprint density at radius 3 is 2.84 bits per heavy atom. The van der Waals surface area contributed by atoms with E-state index in [1.807, 2.05) is 12.1 Å². The minimum atomic E-state index is 0.842. The van der Waals surface area contributed by atoms with Gasteiger partial charge in [0.25, 0.3) is 0 Å². The number of aryl methyl sites for hydroxylation is 2. The van der Waals surface area contributed by atoms with Crippen LogP contribution in [0.15, 0.2) is 45.9 Å². The van der Waals surface area contributed by atoms with Crippen LogP contribution in [-0.4, -0.2) is 30.4 Å². The third-order valence-corrected chi connectivity index (χ3v) is 5.69. The van der Waals surface area contributed by atoms with Gasteiger partial charge in [-0.2, -0.15) is 0 Å². The molecule has 2 aromatic rings. The fourth-order valence-electron chi connectivity index (χ4n) is 3.41. The van der Waals surface area contributed by atoms with Gasteiger partial charge in [0.05, 0.1) is 0 Å². The van der Waals surface area contributed by atoms with Crippen molar-refractivity contribution in [2.24, 2.45) is 4.99 Å². The molecule has 0 radical (unpaired) electrons. The highest BCUT2D eigenvalue weighted by Crippen LogP contribution is 2.26. The maximum Gasteiger partial charge on any atom is 0.131 e. The van der Waals surface area contributed by atoms with Crippen molar-refractivity contribution in [3.63, 3.8) is 0 Å². The van der Waals surface area contributed by atoms with Crippen LogP contribution in [0.2, 0.25) is 5.02 Å². The van der Waals surface area contributed by atoms with E-state index in [-0.39, 0.29) is 0 Å². The molecule has 25 heavy (non-hydrogen) atoms. The van der Waals surface area contributed by atoms with Crippen LogP contribution in [0.4, 0.5) is 0 Å². The van der Waals surface area contributed by atoms with E-state index in [1.165, 1.54) is 22.3 Å². The molecule has 0 spiro atoms. The first-order valence-electron chi connectivity index (χ1n) is 8.92. The Morgan fingerprint density at radius 2 is 2.04 bits per heavy atom. The fourth-order valence-corrected chi connectivity index (χ4v) is 4.08. The zero-order chi connectivity index (χ0) is 17.8.